The first kappa shape index (κ1) is 18.4. The monoisotopic (exact) mass is 372 g/mol. The number of methoxy groups -OCH3 is 2. The van der Waals surface area contributed by atoms with Gasteiger partial charge in [-0.3, -0.25) is 9.88 Å². The highest BCUT2D eigenvalue weighted by molar-refractivity contribution is 7.80. The van der Waals surface area contributed by atoms with E-state index in [0.29, 0.717) is 5.11 Å². The molecule has 1 aromatic heterocycles. The Kier molecular flexibility index (Phi) is 6.25. The lowest BCUT2D eigenvalue weighted by Crippen LogP contribution is -2.49. The van der Waals surface area contributed by atoms with Gasteiger partial charge in [0.25, 0.3) is 0 Å². The second-order valence-electron chi connectivity index (χ2n) is 6.12. The summed E-state index contributed by atoms with van der Waals surface area (Å²) in [5.74, 6) is 1.50. The van der Waals surface area contributed by atoms with Crippen molar-refractivity contribution in [3.63, 3.8) is 0 Å². The van der Waals surface area contributed by atoms with Crippen molar-refractivity contribution < 1.29 is 9.47 Å². The molecular weight excluding hydrogens is 348 g/mol. The van der Waals surface area contributed by atoms with E-state index in [-0.39, 0.29) is 0 Å². The average molecular weight is 372 g/mol. The van der Waals surface area contributed by atoms with Crippen LogP contribution in [0.15, 0.2) is 42.7 Å². The van der Waals surface area contributed by atoms with E-state index in [1.54, 1.807) is 14.2 Å². The molecule has 2 aromatic rings. The molecule has 1 fully saturated rings. The SMILES string of the molecule is COc1ccc(OC)c(NC(=S)N2CCN(Cc3ccncc3)CC2)c1. The maximum Gasteiger partial charge on any atom is 0.173 e. The van der Waals surface area contributed by atoms with E-state index in [4.69, 9.17) is 21.7 Å². The summed E-state index contributed by atoms with van der Waals surface area (Å²) in [5, 5.41) is 4.00. The van der Waals surface area contributed by atoms with Crippen LogP contribution < -0.4 is 14.8 Å². The first-order valence-corrected chi connectivity index (χ1v) is 8.99. The van der Waals surface area contributed by atoms with E-state index in [1.165, 1.54) is 5.56 Å². The lowest BCUT2D eigenvalue weighted by Gasteiger charge is -2.36. The molecule has 1 aliphatic heterocycles. The second-order valence-corrected chi connectivity index (χ2v) is 6.50. The number of aromatic nitrogens is 1. The predicted molar refractivity (Wildman–Crippen MR) is 107 cm³/mol. The molecule has 6 nitrogen and oxygen atoms in total. The molecule has 0 atom stereocenters. The smallest absolute Gasteiger partial charge is 0.173 e. The molecule has 0 saturated carbocycles. The topological polar surface area (TPSA) is 49.9 Å². The first-order valence-electron chi connectivity index (χ1n) is 8.59. The zero-order chi connectivity index (χ0) is 18.4. The van der Waals surface area contributed by atoms with Gasteiger partial charge in [0, 0.05) is 51.2 Å². The number of nitrogens with one attached hydrogen (secondary N) is 1. The average Bonchev–Trinajstić information content (AvgIpc) is 2.69. The molecule has 138 valence electrons. The molecule has 1 saturated heterocycles. The van der Waals surface area contributed by atoms with Gasteiger partial charge in [-0.15, -0.1) is 0 Å². The Morgan fingerprint density at radius 3 is 2.46 bits per heavy atom. The largest absolute Gasteiger partial charge is 0.497 e. The Hall–Kier alpha value is -2.38. The molecule has 0 amide bonds. The van der Waals surface area contributed by atoms with Gasteiger partial charge in [0.1, 0.15) is 11.5 Å². The minimum absolute atomic E-state index is 0.708. The summed E-state index contributed by atoms with van der Waals surface area (Å²) in [6, 6.07) is 9.76. The van der Waals surface area contributed by atoms with Crippen LogP contribution in [0, 0.1) is 0 Å². The summed E-state index contributed by atoms with van der Waals surface area (Å²) in [7, 11) is 3.29. The van der Waals surface area contributed by atoms with Gasteiger partial charge in [-0.2, -0.15) is 0 Å². The molecule has 0 radical (unpaired) electrons. The molecule has 0 unspecified atom stereocenters. The standard InChI is InChI=1S/C19H24N4O2S/c1-24-16-3-4-18(25-2)17(13-16)21-19(26)23-11-9-22(10-12-23)14-15-5-7-20-8-6-15/h3-8,13H,9-12,14H2,1-2H3,(H,21,26). The summed E-state index contributed by atoms with van der Waals surface area (Å²) in [5.41, 5.74) is 2.10. The van der Waals surface area contributed by atoms with Gasteiger partial charge in [0.05, 0.1) is 19.9 Å². The Labute approximate surface area is 159 Å². The van der Waals surface area contributed by atoms with Crippen LogP contribution >= 0.6 is 12.2 Å². The molecule has 7 heteroatoms. The third-order valence-electron chi connectivity index (χ3n) is 4.46. The summed E-state index contributed by atoms with van der Waals surface area (Å²) in [4.78, 5) is 8.69. The molecule has 2 heterocycles. The summed E-state index contributed by atoms with van der Waals surface area (Å²) >= 11 is 5.60. The molecule has 0 bridgehead atoms. The lowest BCUT2D eigenvalue weighted by molar-refractivity contribution is 0.177. The van der Waals surface area contributed by atoms with Crippen LogP contribution in [-0.4, -0.2) is 60.3 Å². The van der Waals surface area contributed by atoms with Crippen LogP contribution in [0.25, 0.3) is 0 Å². The van der Waals surface area contributed by atoms with Gasteiger partial charge in [-0.05, 0) is 42.0 Å². The van der Waals surface area contributed by atoms with Crippen molar-refractivity contribution in [2.24, 2.45) is 0 Å². The summed E-state index contributed by atoms with van der Waals surface area (Å²) in [6.45, 7) is 4.67. The predicted octanol–water partition coefficient (Wildman–Crippen LogP) is 2.61. The van der Waals surface area contributed by atoms with Crippen molar-refractivity contribution in [2.75, 3.05) is 45.7 Å². The Bertz CT molecular complexity index is 734. The number of anilines is 1. The fraction of sp³-hybridized carbons (Fsp3) is 0.368. The summed E-state index contributed by atoms with van der Waals surface area (Å²) in [6.07, 6.45) is 3.68. The number of nitrogens with zero attached hydrogens (tertiary/aromatic N) is 3. The van der Waals surface area contributed by atoms with Gasteiger partial charge in [0.2, 0.25) is 0 Å². The Morgan fingerprint density at radius 1 is 1.08 bits per heavy atom. The molecule has 1 N–H and O–H groups in total. The first-order chi connectivity index (χ1) is 12.7. The van der Waals surface area contributed by atoms with E-state index in [0.717, 1.165) is 49.9 Å². The normalized spacial score (nSPS) is 14.8. The number of ether oxygens (including phenoxy) is 2. The minimum atomic E-state index is 0.708. The highest BCUT2D eigenvalue weighted by Gasteiger charge is 2.20. The van der Waals surface area contributed by atoms with Crippen molar-refractivity contribution in [1.29, 1.82) is 0 Å². The zero-order valence-corrected chi connectivity index (χ0v) is 16.0. The van der Waals surface area contributed by atoms with Gasteiger partial charge in [-0.25, -0.2) is 0 Å². The van der Waals surface area contributed by atoms with Gasteiger partial charge >= 0.3 is 0 Å². The fourth-order valence-electron chi connectivity index (χ4n) is 2.96. The maximum absolute atomic E-state index is 5.60. The highest BCUT2D eigenvalue weighted by atomic mass is 32.1. The Balaban J connectivity index is 1.55. The van der Waals surface area contributed by atoms with E-state index < -0.39 is 0 Å². The molecule has 0 aliphatic carbocycles. The third kappa shape index (κ3) is 4.62. The third-order valence-corrected chi connectivity index (χ3v) is 4.82. The number of thiocarbonyl (C=S) groups is 1. The minimum Gasteiger partial charge on any atom is -0.497 e. The summed E-state index contributed by atoms with van der Waals surface area (Å²) < 4.78 is 10.7. The quantitative estimate of drug-likeness (QED) is 0.810. The second kappa shape index (κ2) is 8.82. The molecule has 1 aromatic carbocycles. The van der Waals surface area contributed by atoms with E-state index in [9.17, 15) is 0 Å². The van der Waals surface area contributed by atoms with Gasteiger partial charge in [0.15, 0.2) is 5.11 Å². The number of hydrogen-bond acceptors (Lipinski definition) is 5. The van der Waals surface area contributed by atoms with Gasteiger partial charge < -0.3 is 19.7 Å². The van der Waals surface area contributed by atoms with Crippen molar-refractivity contribution in [3.05, 3.63) is 48.3 Å². The van der Waals surface area contributed by atoms with Crippen molar-refractivity contribution in [2.45, 2.75) is 6.54 Å². The number of pyridine rings is 1. The molecule has 26 heavy (non-hydrogen) atoms. The van der Waals surface area contributed by atoms with Gasteiger partial charge in [-0.1, -0.05) is 0 Å². The number of hydrogen-bond donors (Lipinski definition) is 1. The fourth-order valence-corrected chi connectivity index (χ4v) is 3.25. The van der Waals surface area contributed by atoms with E-state index in [1.807, 2.05) is 30.6 Å². The van der Waals surface area contributed by atoms with Crippen LogP contribution in [0.3, 0.4) is 0 Å². The lowest BCUT2D eigenvalue weighted by atomic mass is 10.2. The van der Waals surface area contributed by atoms with Crippen molar-refractivity contribution in [1.82, 2.24) is 14.8 Å². The van der Waals surface area contributed by atoms with Crippen LogP contribution in [0.2, 0.25) is 0 Å². The highest BCUT2D eigenvalue weighted by Crippen LogP contribution is 2.29. The molecule has 0 spiro atoms. The van der Waals surface area contributed by atoms with E-state index in [2.05, 4.69) is 32.2 Å². The van der Waals surface area contributed by atoms with Crippen molar-refractivity contribution >= 4 is 23.0 Å². The molecular formula is C19H24N4O2S. The number of rotatable bonds is 5. The van der Waals surface area contributed by atoms with Crippen LogP contribution in [0.1, 0.15) is 5.56 Å². The molecule has 1 aliphatic rings. The van der Waals surface area contributed by atoms with Crippen LogP contribution in [0.5, 0.6) is 11.5 Å². The number of benzene rings is 1. The van der Waals surface area contributed by atoms with Crippen LogP contribution in [-0.2, 0) is 6.54 Å². The maximum atomic E-state index is 5.60. The van der Waals surface area contributed by atoms with E-state index >= 15 is 0 Å². The van der Waals surface area contributed by atoms with Crippen molar-refractivity contribution in [3.8, 4) is 11.5 Å². The van der Waals surface area contributed by atoms with Crippen LogP contribution in [0.4, 0.5) is 5.69 Å². The number of piperazine rings is 1. The Morgan fingerprint density at radius 2 is 1.81 bits per heavy atom. The zero-order valence-electron chi connectivity index (χ0n) is 15.1. The molecule has 3 rings (SSSR count).